The lowest BCUT2D eigenvalue weighted by molar-refractivity contribution is -0.137. The second-order valence-corrected chi connectivity index (χ2v) is 4.03. The Balaban J connectivity index is 2.20. The fourth-order valence-corrected chi connectivity index (χ4v) is 1.70. The van der Waals surface area contributed by atoms with E-state index in [-0.39, 0.29) is 6.42 Å². The summed E-state index contributed by atoms with van der Waals surface area (Å²) in [7, 11) is 0. The number of hydrogen-bond donors (Lipinski definition) is 1. The maximum Gasteiger partial charge on any atom is 0.303 e. The maximum absolute atomic E-state index is 10.3. The Kier molecular flexibility index (Phi) is 6.15. The molecule has 0 spiro atoms. The van der Waals surface area contributed by atoms with Gasteiger partial charge in [-0.25, -0.2) is 0 Å². The SMILES string of the molecule is CCOc1ccc(CCCCCC(=O)O)cc1. The minimum Gasteiger partial charge on any atom is -0.494 e. The molecular formula is C14H20O3. The van der Waals surface area contributed by atoms with Crippen LogP contribution in [0.2, 0.25) is 0 Å². The molecule has 0 amide bonds. The number of aliphatic carboxylic acids is 1. The number of hydrogen-bond acceptors (Lipinski definition) is 2. The van der Waals surface area contributed by atoms with Crippen molar-refractivity contribution in [2.75, 3.05) is 6.61 Å². The summed E-state index contributed by atoms with van der Waals surface area (Å²) in [5.41, 5.74) is 1.28. The van der Waals surface area contributed by atoms with E-state index in [1.807, 2.05) is 19.1 Å². The number of aryl methyl sites for hydroxylation is 1. The smallest absolute Gasteiger partial charge is 0.303 e. The van der Waals surface area contributed by atoms with Gasteiger partial charge in [0, 0.05) is 6.42 Å². The first kappa shape index (κ1) is 13.6. The number of carboxylic acid groups (broad SMARTS) is 1. The fraction of sp³-hybridized carbons (Fsp3) is 0.500. The molecule has 1 rings (SSSR count). The Morgan fingerprint density at radius 2 is 1.88 bits per heavy atom. The van der Waals surface area contributed by atoms with E-state index >= 15 is 0 Å². The van der Waals surface area contributed by atoms with Crippen LogP contribution in [0.25, 0.3) is 0 Å². The zero-order valence-electron chi connectivity index (χ0n) is 10.3. The Bertz CT molecular complexity index is 330. The van der Waals surface area contributed by atoms with Crippen molar-refractivity contribution < 1.29 is 14.6 Å². The van der Waals surface area contributed by atoms with Crippen LogP contribution >= 0.6 is 0 Å². The molecule has 1 aromatic carbocycles. The predicted octanol–water partition coefficient (Wildman–Crippen LogP) is 3.27. The van der Waals surface area contributed by atoms with E-state index < -0.39 is 5.97 Å². The molecular weight excluding hydrogens is 216 g/mol. The topological polar surface area (TPSA) is 46.5 Å². The zero-order valence-corrected chi connectivity index (χ0v) is 10.3. The molecule has 3 nitrogen and oxygen atoms in total. The van der Waals surface area contributed by atoms with Gasteiger partial charge in [-0.05, 0) is 43.9 Å². The lowest BCUT2D eigenvalue weighted by Crippen LogP contribution is -1.94. The van der Waals surface area contributed by atoms with Gasteiger partial charge in [0.25, 0.3) is 0 Å². The van der Waals surface area contributed by atoms with Crippen LogP contribution in [0, 0.1) is 0 Å². The summed E-state index contributed by atoms with van der Waals surface area (Å²) in [4.78, 5) is 10.3. The third kappa shape index (κ3) is 5.95. The summed E-state index contributed by atoms with van der Waals surface area (Å²) in [6.07, 6.45) is 4.07. The van der Waals surface area contributed by atoms with Crippen molar-refractivity contribution in [3.05, 3.63) is 29.8 Å². The standard InChI is InChI=1S/C14H20O3/c1-2-17-13-10-8-12(9-11-13)6-4-3-5-7-14(15)16/h8-11H,2-7H2,1H3,(H,15,16). The van der Waals surface area contributed by atoms with Crippen molar-refractivity contribution in [1.82, 2.24) is 0 Å². The Hall–Kier alpha value is -1.51. The summed E-state index contributed by atoms with van der Waals surface area (Å²) in [6.45, 7) is 2.66. The van der Waals surface area contributed by atoms with Gasteiger partial charge in [0.15, 0.2) is 0 Å². The number of ether oxygens (including phenoxy) is 1. The van der Waals surface area contributed by atoms with Crippen molar-refractivity contribution in [3.63, 3.8) is 0 Å². The number of unbranched alkanes of at least 4 members (excludes halogenated alkanes) is 2. The Morgan fingerprint density at radius 3 is 2.47 bits per heavy atom. The van der Waals surface area contributed by atoms with Crippen LogP contribution in [0.4, 0.5) is 0 Å². The number of rotatable bonds is 8. The third-order valence-corrected chi connectivity index (χ3v) is 2.59. The van der Waals surface area contributed by atoms with E-state index in [1.165, 1.54) is 5.56 Å². The average Bonchev–Trinajstić information content (AvgIpc) is 2.31. The van der Waals surface area contributed by atoms with E-state index in [0.29, 0.717) is 6.61 Å². The summed E-state index contributed by atoms with van der Waals surface area (Å²) in [5.74, 6) is 0.202. The lowest BCUT2D eigenvalue weighted by atomic mass is 10.1. The van der Waals surface area contributed by atoms with Gasteiger partial charge in [-0.1, -0.05) is 18.6 Å². The highest BCUT2D eigenvalue weighted by molar-refractivity contribution is 5.66. The minimum atomic E-state index is -0.703. The molecule has 0 aliphatic carbocycles. The molecule has 0 bridgehead atoms. The van der Waals surface area contributed by atoms with Crippen LogP contribution in [0.15, 0.2) is 24.3 Å². The zero-order chi connectivity index (χ0) is 12.5. The third-order valence-electron chi connectivity index (χ3n) is 2.59. The summed E-state index contributed by atoms with van der Waals surface area (Å²) >= 11 is 0. The highest BCUT2D eigenvalue weighted by atomic mass is 16.5. The van der Waals surface area contributed by atoms with E-state index in [4.69, 9.17) is 9.84 Å². The highest BCUT2D eigenvalue weighted by Crippen LogP contribution is 2.14. The second kappa shape index (κ2) is 7.71. The van der Waals surface area contributed by atoms with Gasteiger partial charge in [-0.15, -0.1) is 0 Å². The molecule has 94 valence electrons. The van der Waals surface area contributed by atoms with E-state index in [1.54, 1.807) is 0 Å². The van der Waals surface area contributed by atoms with Gasteiger partial charge in [-0.2, -0.15) is 0 Å². The first-order chi connectivity index (χ1) is 8.22. The molecule has 3 heteroatoms. The van der Waals surface area contributed by atoms with Crippen LogP contribution in [-0.2, 0) is 11.2 Å². The predicted molar refractivity (Wildman–Crippen MR) is 67.4 cm³/mol. The minimum absolute atomic E-state index is 0.281. The largest absolute Gasteiger partial charge is 0.494 e. The molecule has 1 aromatic rings. The molecule has 0 aromatic heterocycles. The molecule has 0 aliphatic rings. The molecule has 0 aliphatic heterocycles. The summed E-state index contributed by atoms with van der Waals surface area (Å²) < 4.78 is 5.36. The maximum atomic E-state index is 10.3. The first-order valence-electron chi connectivity index (χ1n) is 6.16. The molecule has 0 fully saturated rings. The average molecular weight is 236 g/mol. The van der Waals surface area contributed by atoms with Gasteiger partial charge < -0.3 is 9.84 Å². The first-order valence-corrected chi connectivity index (χ1v) is 6.16. The van der Waals surface area contributed by atoms with Gasteiger partial charge >= 0.3 is 5.97 Å². The van der Waals surface area contributed by atoms with Crippen LogP contribution < -0.4 is 4.74 Å². The van der Waals surface area contributed by atoms with Gasteiger partial charge in [0.05, 0.1) is 6.61 Å². The lowest BCUT2D eigenvalue weighted by Gasteiger charge is -2.04. The van der Waals surface area contributed by atoms with Crippen molar-refractivity contribution in [3.8, 4) is 5.75 Å². The van der Waals surface area contributed by atoms with Crippen molar-refractivity contribution in [2.45, 2.75) is 39.0 Å². The Morgan fingerprint density at radius 1 is 1.18 bits per heavy atom. The van der Waals surface area contributed by atoms with Crippen molar-refractivity contribution in [1.29, 1.82) is 0 Å². The van der Waals surface area contributed by atoms with E-state index in [0.717, 1.165) is 31.4 Å². The number of carbonyl (C=O) groups is 1. The van der Waals surface area contributed by atoms with Crippen LogP contribution in [0.5, 0.6) is 5.75 Å². The molecule has 0 radical (unpaired) electrons. The Labute approximate surface area is 102 Å². The number of carboxylic acids is 1. The van der Waals surface area contributed by atoms with Crippen LogP contribution in [0.1, 0.15) is 38.2 Å². The van der Waals surface area contributed by atoms with Crippen molar-refractivity contribution >= 4 is 5.97 Å². The molecule has 0 saturated carbocycles. The number of benzene rings is 1. The normalized spacial score (nSPS) is 10.2. The second-order valence-electron chi connectivity index (χ2n) is 4.03. The van der Waals surface area contributed by atoms with Crippen LogP contribution in [0.3, 0.4) is 0 Å². The molecule has 0 heterocycles. The summed E-state index contributed by atoms with van der Waals surface area (Å²) in [6, 6.07) is 8.11. The quantitative estimate of drug-likeness (QED) is 0.705. The monoisotopic (exact) mass is 236 g/mol. The molecule has 1 N–H and O–H groups in total. The fourth-order valence-electron chi connectivity index (χ4n) is 1.70. The van der Waals surface area contributed by atoms with Gasteiger partial charge in [-0.3, -0.25) is 4.79 Å². The molecule has 17 heavy (non-hydrogen) atoms. The molecule has 0 saturated heterocycles. The highest BCUT2D eigenvalue weighted by Gasteiger charge is 1.98. The molecule has 0 unspecified atom stereocenters. The van der Waals surface area contributed by atoms with Gasteiger partial charge in [0.2, 0.25) is 0 Å². The molecule has 0 atom stereocenters. The van der Waals surface area contributed by atoms with Crippen LogP contribution in [-0.4, -0.2) is 17.7 Å². The summed E-state index contributed by atoms with van der Waals surface area (Å²) in [5, 5.41) is 8.50. The van der Waals surface area contributed by atoms with Crippen molar-refractivity contribution in [2.24, 2.45) is 0 Å². The van der Waals surface area contributed by atoms with E-state index in [2.05, 4.69) is 12.1 Å². The van der Waals surface area contributed by atoms with Gasteiger partial charge in [0.1, 0.15) is 5.75 Å². The van der Waals surface area contributed by atoms with E-state index in [9.17, 15) is 4.79 Å².